The molecule has 0 saturated heterocycles. The molecule has 0 bridgehead atoms. The molecule has 6 nitrogen and oxygen atoms in total. The Morgan fingerprint density at radius 1 is 1.19 bits per heavy atom. The summed E-state index contributed by atoms with van der Waals surface area (Å²) in [6.07, 6.45) is 0.769. The first-order chi connectivity index (χ1) is 7.47. The minimum Gasteiger partial charge on any atom is -0.354 e. The van der Waals surface area contributed by atoms with Gasteiger partial charge in [0.1, 0.15) is 0 Å². The highest BCUT2D eigenvalue weighted by molar-refractivity contribution is 5.79. The molecule has 0 fully saturated rings. The van der Waals surface area contributed by atoms with E-state index in [9.17, 15) is 9.59 Å². The normalized spacial score (nSPS) is 12.2. The summed E-state index contributed by atoms with van der Waals surface area (Å²) in [5, 5.41) is 5.10. The summed E-state index contributed by atoms with van der Waals surface area (Å²) in [6, 6.07) is -0.591. The Labute approximate surface area is 96.1 Å². The first kappa shape index (κ1) is 14.7. The van der Waals surface area contributed by atoms with Crippen molar-refractivity contribution in [1.29, 1.82) is 0 Å². The van der Waals surface area contributed by atoms with Crippen LogP contribution in [0.2, 0.25) is 0 Å². The minimum absolute atomic E-state index is 0.0672. The van der Waals surface area contributed by atoms with Gasteiger partial charge in [0.25, 0.3) is 0 Å². The molecule has 0 saturated carbocycles. The summed E-state index contributed by atoms with van der Waals surface area (Å²) in [5.74, 6) is 0.207. The number of nitrogens with two attached hydrogens (primary N) is 2. The monoisotopic (exact) mass is 230 g/mol. The lowest BCUT2D eigenvalue weighted by atomic mass is 9.96. The first-order valence-corrected chi connectivity index (χ1v) is 5.48. The minimum atomic E-state index is -0.591. The van der Waals surface area contributed by atoms with E-state index in [1.165, 1.54) is 0 Å². The van der Waals surface area contributed by atoms with Gasteiger partial charge in [0.05, 0.1) is 5.92 Å². The van der Waals surface area contributed by atoms with Crippen molar-refractivity contribution in [2.45, 2.75) is 20.3 Å². The Balaban J connectivity index is 3.79. The molecule has 6 N–H and O–H groups in total. The molecular weight excluding hydrogens is 208 g/mol. The smallest absolute Gasteiger partial charge is 0.312 e. The number of hydrogen-bond donors (Lipinski definition) is 4. The second kappa shape index (κ2) is 7.92. The fraction of sp³-hybridized carbons (Fsp3) is 0.800. The second-order valence-electron chi connectivity index (χ2n) is 4.14. The lowest BCUT2D eigenvalue weighted by Crippen LogP contribution is -2.41. The van der Waals surface area contributed by atoms with E-state index in [1.54, 1.807) is 0 Å². The largest absolute Gasteiger partial charge is 0.354 e. The molecule has 0 heterocycles. The quantitative estimate of drug-likeness (QED) is 0.438. The number of nitrogens with one attached hydrogen (secondary N) is 2. The lowest BCUT2D eigenvalue weighted by molar-refractivity contribution is -0.125. The van der Waals surface area contributed by atoms with Crippen LogP contribution in [0, 0.1) is 11.8 Å². The second-order valence-corrected chi connectivity index (χ2v) is 4.14. The zero-order chi connectivity index (χ0) is 12.6. The van der Waals surface area contributed by atoms with Gasteiger partial charge in [-0.2, -0.15) is 0 Å². The Bertz CT molecular complexity index is 231. The molecule has 0 aromatic rings. The van der Waals surface area contributed by atoms with Crippen LogP contribution in [0.1, 0.15) is 20.3 Å². The van der Waals surface area contributed by atoms with E-state index in [-0.39, 0.29) is 11.8 Å². The van der Waals surface area contributed by atoms with E-state index in [0.717, 1.165) is 6.42 Å². The fourth-order valence-electron chi connectivity index (χ4n) is 1.40. The molecular formula is C10H22N4O2. The summed E-state index contributed by atoms with van der Waals surface area (Å²) in [4.78, 5) is 22.0. The van der Waals surface area contributed by atoms with Crippen LogP contribution >= 0.6 is 0 Å². The highest BCUT2D eigenvalue weighted by Crippen LogP contribution is 2.10. The Morgan fingerprint density at radius 2 is 1.75 bits per heavy atom. The first-order valence-electron chi connectivity index (χ1n) is 5.48. The summed E-state index contributed by atoms with van der Waals surface area (Å²) in [6.45, 7) is 5.14. The van der Waals surface area contributed by atoms with Crippen molar-refractivity contribution in [2.24, 2.45) is 23.3 Å². The van der Waals surface area contributed by atoms with Gasteiger partial charge < -0.3 is 22.1 Å². The molecule has 0 radical (unpaired) electrons. The van der Waals surface area contributed by atoms with Crippen molar-refractivity contribution >= 4 is 11.9 Å². The van der Waals surface area contributed by atoms with Crippen LogP contribution in [-0.4, -0.2) is 31.6 Å². The summed E-state index contributed by atoms with van der Waals surface area (Å²) in [7, 11) is 0. The average molecular weight is 230 g/mol. The number of rotatable bonds is 7. The van der Waals surface area contributed by atoms with Crippen LogP contribution in [0.5, 0.6) is 0 Å². The number of amides is 3. The maximum atomic E-state index is 11.6. The van der Waals surface area contributed by atoms with E-state index >= 15 is 0 Å². The Morgan fingerprint density at radius 3 is 2.19 bits per heavy atom. The van der Waals surface area contributed by atoms with Gasteiger partial charge in [0.2, 0.25) is 5.91 Å². The van der Waals surface area contributed by atoms with Gasteiger partial charge in [-0.25, -0.2) is 4.79 Å². The molecule has 3 amide bonds. The van der Waals surface area contributed by atoms with Crippen molar-refractivity contribution in [3.05, 3.63) is 0 Å². The van der Waals surface area contributed by atoms with E-state index in [2.05, 4.69) is 10.6 Å². The maximum Gasteiger partial charge on any atom is 0.312 e. The third kappa shape index (κ3) is 7.05. The highest BCUT2D eigenvalue weighted by Gasteiger charge is 2.17. The number of primary amides is 1. The van der Waals surface area contributed by atoms with E-state index in [1.807, 2.05) is 13.8 Å². The van der Waals surface area contributed by atoms with Gasteiger partial charge in [0.15, 0.2) is 0 Å². The number of urea groups is 1. The topological polar surface area (TPSA) is 110 Å². The van der Waals surface area contributed by atoms with Gasteiger partial charge in [0, 0.05) is 19.6 Å². The molecule has 16 heavy (non-hydrogen) atoms. The fourth-order valence-corrected chi connectivity index (χ4v) is 1.40. The lowest BCUT2D eigenvalue weighted by Gasteiger charge is -2.16. The molecule has 6 heteroatoms. The van der Waals surface area contributed by atoms with Gasteiger partial charge in [-0.3, -0.25) is 4.79 Å². The Hall–Kier alpha value is -1.30. The molecule has 94 valence electrons. The average Bonchev–Trinajstić information content (AvgIpc) is 2.20. The highest BCUT2D eigenvalue weighted by atomic mass is 16.2. The molecule has 0 rings (SSSR count). The van der Waals surface area contributed by atoms with Crippen molar-refractivity contribution in [3.63, 3.8) is 0 Å². The molecule has 1 unspecified atom stereocenters. The van der Waals surface area contributed by atoms with Crippen molar-refractivity contribution in [2.75, 3.05) is 19.6 Å². The van der Waals surface area contributed by atoms with E-state index < -0.39 is 6.03 Å². The predicted molar refractivity (Wildman–Crippen MR) is 62.6 cm³/mol. The van der Waals surface area contributed by atoms with Crippen LogP contribution in [0.4, 0.5) is 4.79 Å². The number of carbonyl (C=O) groups is 2. The van der Waals surface area contributed by atoms with Crippen LogP contribution in [-0.2, 0) is 4.79 Å². The molecule has 0 aromatic heterocycles. The summed E-state index contributed by atoms with van der Waals surface area (Å²) < 4.78 is 0. The van der Waals surface area contributed by atoms with Crippen LogP contribution in [0.15, 0.2) is 0 Å². The SMILES string of the molecule is CC(C)CC(CN)C(=O)NCCNC(N)=O. The zero-order valence-corrected chi connectivity index (χ0v) is 9.95. The molecule has 0 aliphatic heterocycles. The van der Waals surface area contributed by atoms with Crippen LogP contribution < -0.4 is 22.1 Å². The zero-order valence-electron chi connectivity index (χ0n) is 9.95. The van der Waals surface area contributed by atoms with Gasteiger partial charge in [-0.1, -0.05) is 13.8 Å². The summed E-state index contributed by atoms with van der Waals surface area (Å²) in [5.41, 5.74) is 10.4. The third-order valence-electron chi connectivity index (χ3n) is 2.13. The van der Waals surface area contributed by atoms with Gasteiger partial charge in [-0.05, 0) is 12.3 Å². The molecule has 1 atom stereocenters. The number of hydrogen-bond acceptors (Lipinski definition) is 3. The van der Waals surface area contributed by atoms with Gasteiger partial charge in [-0.15, -0.1) is 0 Å². The van der Waals surface area contributed by atoms with Crippen molar-refractivity contribution in [3.8, 4) is 0 Å². The third-order valence-corrected chi connectivity index (χ3v) is 2.13. The predicted octanol–water partition coefficient (Wildman–Crippen LogP) is -0.608. The summed E-state index contributed by atoms with van der Waals surface area (Å²) >= 11 is 0. The van der Waals surface area contributed by atoms with Crippen molar-refractivity contribution < 1.29 is 9.59 Å². The van der Waals surface area contributed by atoms with Crippen molar-refractivity contribution in [1.82, 2.24) is 10.6 Å². The van der Waals surface area contributed by atoms with Gasteiger partial charge >= 0.3 is 6.03 Å². The van der Waals surface area contributed by atoms with Crippen LogP contribution in [0.3, 0.4) is 0 Å². The standard InChI is InChI=1S/C10H22N4O2/c1-7(2)5-8(6-11)9(15)13-3-4-14-10(12)16/h7-8H,3-6,11H2,1-2H3,(H,13,15)(H3,12,14,16). The molecule has 0 aliphatic rings. The molecule has 0 aromatic carbocycles. The van der Waals surface area contributed by atoms with E-state index in [4.69, 9.17) is 11.5 Å². The molecule has 0 aliphatic carbocycles. The van der Waals surface area contributed by atoms with Crippen LogP contribution in [0.25, 0.3) is 0 Å². The maximum absolute atomic E-state index is 11.6. The molecule has 0 spiro atoms. The van der Waals surface area contributed by atoms with E-state index in [0.29, 0.717) is 25.6 Å². The number of carbonyl (C=O) groups excluding carboxylic acids is 2. The Kier molecular flexibility index (Phi) is 7.28.